The van der Waals surface area contributed by atoms with Gasteiger partial charge in [0, 0.05) is 11.1 Å². The summed E-state index contributed by atoms with van der Waals surface area (Å²) in [5, 5.41) is 20.6. The van der Waals surface area contributed by atoms with Gasteiger partial charge in [-0.15, -0.1) is 0 Å². The third-order valence-corrected chi connectivity index (χ3v) is 8.16. The molecule has 0 saturated heterocycles. The molecule has 0 bridgehead atoms. The Hall–Kier alpha value is -4.49. The van der Waals surface area contributed by atoms with Crippen LogP contribution in [0.15, 0.2) is 78.9 Å². The number of hydrogen-bond donors (Lipinski definition) is 2. The molecule has 222 valence electrons. The predicted molar refractivity (Wildman–Crippen MR) is 169 cm³/mol. The van der Waals surface area contributed by atoms with Gasteiger partial charge < -0.3 is 24.3 Å². The Kier molecular flexibility index (Phi) is 9.22. The van der Waals surface area contributed by atoms with E-state index >= 15 is 0 Å². The van der Waals surface area contributed by atoms with E-state index in [4.69, 9.17) is 21.1 Å². The van der Waals surface area contributed by atoms with E-state index in [1.165, 1.54) is 0 Å². The normalized spacial score (nSPS) is 14.0. The molecule has 1 fully saturated rings. The highest BCUT2D eigenvalue weighted by atomic mass is 35.5. The number of fused-ring (bicyclic) bond motifs is 1. The molecule has 4 aromatic rings. The van der Waals surface area contributed by atoms with Crippen LogP contribution in [-0.2, 0) is 22.6 Å². The predicted octanol–water partition coefficient (Wildman–Crippen LogP) is 7.67. The molecule has 3 aromatic carbocycles. The summed E-state index contributed by atoms with van der Waals surface area (Å²) < 4.78 is 13.3. The minimum absolute atomic E-state index is 0.131. The number of aromatic nitrogens is 1. The van der Waals surface area contributed by atoms with E-state index in [-0.39, 0.29) is 18.4 Å². The lowest BCUT2D eigenvalue weighted by atomic mass is 9.91. The molecule has 1 aliphatic rings. The van der Waals surface area contributed by atoms with E-state index in [1.807, 2.05) is 96.5 Å². The summed E-state index contributed by atoms with van der Waals surface area (Å²) in [7, 11) is 0. The molecule has 0 spiro atoms. The van der Waals surface area contributed by atoms with Gasteiger partial charge in [0.05, 0.1) is 17.0 Å². The number of carbonyl (C=O) groups is 2. The number of halogens is 1. The van der Waals surface area contributed by atoms with Crippen molar-refractivity contribution in [3.8, 4) is 11.5 Å². The number of nitrogens with zero attached hydrogens (tertiary/aromatic N) is 1. The lowest BCUT2D eigenvalue weighted by molar-refractivity contribution is -0.139. The monoisotopic (exact) mass is 599 g/mol. The van der Waals surface area contributed by atoms with Crippen LogP contribution in [0.25, 0.3) is 23.1 Å². The Labute approximate surface area is 255 Å². The van der Waals surface area contributed by atoms with Crippen molar-refractivity contribution in [3.05, 3.63) is 106 Å². The first-order chi connectivity index (χ1) is 20.7. The van der Waals surface area contributed by atoms with Crippen molar-refractivity contribution < 1.29 is 29.3 Å². The van der Waals surface area contributed by atoms with Gasteiger partial charge in [-0.1, -0.05) is 66.2 Å². The van der Waals surface area contributed by atoms with E-state index in [1.54, 1.807) is 6.07 Å². The van der Waals surface area contributed by atoms with Crippen molar-refractivity contribution >= 4 is 46.6 Å². The second kappa shape index (κ2) is 13.2. The highest BCUT2D eigenvalue weighted by Crippen LogP contribution is 2.52. The SMILES string of the molecule is Cc1c(CC2(CC(=O)O)CC2)c2cccc(C=Cc3ccc(OC/C=C/COc4ccccc4Cl)cc3)c2n1CC(=O)O. The lowest BCUT2D eigenvalue weighted by Gasteiger charge is -2.13. The number of hydrogen-bond acceptors (Lipinski definition) is 4. The summed E-state index contributed by atoms with van der Waals surface area (Å²) in [6.07, 6.45) is 10.3. The lowest BCUT2D eigenvalue weighted by Crippen LogP contribution is -2.13. The van der Waals surface area contributed by atoms with Crippen LogP contribution in [0, 0.1) is 12.3 Å². The van der Waals surface area contributed by atoms with Crippen molar-refractivity contribution in [1.82, 2.24) is 4.57 Å². The van der Waals surface area contributed by atoms with Crippen LogP contribution in [0.3, 0.4) is 0 Å². The molecule has 0 radical (unpaired) electrons. The molecule has 2 N–H and O–H groups in total. The van der Waals surface area contributed by atoms with E-state index in [9.17, 15) is 19.8 Å². The van der Waals surface area contributed by atoms with Crippen LogP contribution in [0.4, 0.5) is 0 Å². The zero-order valence-corrected chi connectivity index (χ0v) is 24.7. The smallest absolute Gasteiger partial charge is 0.323 e. The first-order valence-corrected chi connectivity index (χ1v) is 14.6. The number of ether oxygens (including phenoxy) is 2. The summed E-state index contributed by atoms with van der Waals surface area (Å²) >= 11 is 6.09. The number of carboxylic acid groups (broad SMARTS) is 2. The summed E-state index contributed by atoms with van der Waals surface area (Å²) in [6.45, 7) is 2.57. The third-order valence-electron chi connectivity index (χ3n) is 7.85. The maximum Gasteiger partial charge on any atom is 0.323 e. The Balaban J connectivity index is 1.26. The zero-order chi connectivity index (χ0) is 30.4. The van der Waals surface area contributed by atoms with Crippen molar-refractivity contribution in [3.63, 3.8) is 0 Å². The molecule has 1 saturated carbocycles. The first kappa shape index (κ1) is 30.0. The highest BCUT2D eigenvalue weighted by Gasteiger charge is 2.45. The molecular weight excluding hydrogens is 566 g/mol. The van der Waals surface area contributed by atoms with Gasteiger partial charge in [-0.05, 0) is 84.7 Å². The zero-order valence-electron chi connectivity index (χ0n) is 24.0. The van der Waals surface area contributed by atoms with Gasteiger partial charge in [-0.25, -0.2) is 0 Å². The number of aliphatic carboxylic acids is 2. The molecule has 8 heteroatoms. The van der Waals surface area contributed by atoms with Gasteiger partial charge in [0.2, 0.25) is 0 Å². The topological polar surface area (TPSA) is 98.0 Å². The van der Waals surface area contributed by atoms with Crippen molar-refractivity contribution in [2.75, 3.05) is 13.2 Å². The molecule has 43 heavy (non-hydrogen) atoms. The van der Waals surface area contributed by atoms with Crippen molar-refractivity contribution in [2.24, 2.45) is 5.41 Å². The van der Waals surface area contributed by atoms with Crippen LogP contribution in [0.1, 0.15) is 41.6 Å². The van der Waals surface area contributed by atoms with E-state index in [0.29, 0.717) is 30.4 Å². The maximum absolute atomic E-state index is 11.8. The number of rotatable bonds is 14. The van der Waals surface area contributed by atoms with Gasteiger partial charge in [0.1, 0.15) is 31.3 Å². The Morgan fingerprint density at radius 3 is 2.30 bits per heavy atom. The fourth-order valence-corrected chi connectivity index (χ4v) is 5.64. The van der Waals surface area contributed by atoms with Crippen LogP contribution in [-0.4, -0.2) is 39.9 Å². The summed E-state index contributed by atoms with van der Waals surface area (Å²) in [4.78, 5) is 23.3. The summed E-state index contributed by atoms with van der Waals surface area (Å²) in [5.41, 5.74) is 4.40. The number of benzene rings is 3. The minimum atomic E-state index is -0.921. The Morgan fingerprint density at radius 1 is 0.907 bits per heavy atom. The van der Waals surface area contributed by atoms with Gasteiger partial charge in [0.25, 0.3) is 0 Å². The molecule has 1 heterocycles. The Bertz CT molecular complexity index is 1680. The van der Waals surface area contributed by atoms with Crippen LogP contribution < -0.4 is 9.47 Å². The van der Waals surface area contributed by atoms with Gasteiger partial charge in [-0.3, -0.25) is 9.59 Å². The van der Waals surface area contributed by atoms with Crippen molar-refractivity contribution in [2.45, 2.75) is 39.2 Å². The van der Waals surface area contributed by atoms with E-state index < -0.39 is 11.9 Å². The van der Waals surface area contributed by atoms with Gasteiger partial charge in [0.15, 0.2) is 0 Å². The first-order valence-electron chi connectivity index (χ1n) is 14.2. The molecule has 0 aliphatic heterocycles. The molecule has 5 rings (SSSR count). The highest BCUT2D eigenvalue weighted by molar-refractivity contribution is 6.32. The molecule has 0 amide bonds. The summed E-state index contributed by atoms with van der Waals surface area (Å²) in [6, 6.07) is 21.0. The summed E-state index contributed by atoms with van der Waals surface area (Å²) in [5.74, 6) is -0.333. The van der Waals surface area contributed by atoms with E-state index in [0.717, 1.165) is 51.9 Å². The molecular formula is C35H34ClNO6. The second-order valence-electron chi connectivity index (χ2n) is 11.0. The molecule has 7 nitrogen and oxygen atoms in total. The maximum atomic E-state index is 11.8. The molecule has 0 atom stereocenters. The molecule has 1 aromatic heterocycles. The average Bonchev–Trinajstić information content (AvgIpc) is 3.69. The Morgan fingerprint density at radius 2 is 1.63 bits per heavy atom. The van der Waals surface area contributed by atoms with Crippen LogP contribution >= 0.6 is 11.6 Å². The van der Waals surface area contributed by atoms with E-state index in [2.05, 4.69) is 0 Å². The fourth-order valence-electron chi connectivity index (χ4n) is 5.45. The van der Waals surface area contributed by atoms with Crippen LogP contribution in [0.5, 0.6) is 11.5 Å². The number of para-hydroxylation sites is 2. The fraction of sp³-hybridized carbons (Fsp3) is 0.257. The molecule has 1 aliphatic carbocycles. The van der Waals surface area contributed by atoms with Gasteiger partial charge >= 0.3 is 11.9 Å². The molecule has 0 unspecified atom stereocenters. The van der Waals surface area contributed by atoms with Crippen molar-refractivity contribution in [1.29, 1.82) is 0 Å². The number of carboxylic acids is 2. The largest absolute Gasteiger partial charge is 0.490 e. The average molecular weight is 600 g/mol. The quantitative estimate of drug-likeness (QED) is 0.114. The standard InChI is InChI=1S/C35H34ClNO6/c1-24-29(21-35(17-18-35)22-32(38)39)28-8-6-7-26(34(28)37(24)23-33(40)41)14-11-25-12-15-27(16-13-25)42-19-4-5-20-43-31-10-3-2-9-30(31)36/h2-16H,17-23H2,1H3,(H,38,39)(H,40,41)/b5-4+,14-11?. The van der Waals surface area contributed by atoms with Gasteiger partial charge in [-0.2, -0.15) is 0 Å². The minimum Gasteiger partial charge on any atom is -0.490 e. The second-order valence-corrected chi connectivity index (χ2v) is 11.4. The third kappa shape index (κ3) is 7.48. The van der Waals surface area contributed by atoms with Crippen LogP contribution in [0.2, 0.25) is 5.02 Å².